The summed E-state index contributed by atoms with van der Waals surface area (Å²) in [5.41, 5.74) is 0. The summed E-state index contributed by atoms with van der Waals surface area (Å²) in [5, 5.41) is 8.64. The highest BCUT2D eigenvalue weighted by Gasteiger charge is 2.23. The Morgan fingerprint density at radius 3 is 2.70 bits per heavy atom. The normalized spacial score (nSPS) is 9.85. The van der Waals surface area contributed by atoms with Gasteiger partial charge in [-0.05, 0) is 26.0 Å². The Morgan fingerprint density at radius 2 is 2.15 bits per heavy atom. The number of hydrogen-bond donors (Lipinski definition) is 1. The van der Waals surface area contributed by atoms with Crippen molar-refractivity contribution in [2.24, 2.45) is 0 Å². The first-order valence-corrected chi connectivity index (χ1v) is 6.88. The summed E-state index contributed by atoms with van der Waals surface area (Å²) >= 11 is 1.23. The van der Waals surface area contributed by atoms with E-state index in [1.165, 1.54) is 23.3 Å². The van der Waals surface area contributed by atoms with Gasteiger partial charge in [0.15, 0.2) is 0 Å². The molecule has 0 saturated heterocycles. The maximum absolute atomic E-state index is 12.4. The highest BCUT2D eigenvalue weighted by molar-refractivity contribution is 7.14. The Bertz CT molecular complexity index is 539. The van der Waals surface area contributed by atoms with Gasteiger partial charge in [0.1, 0.15) is 13.2 Å². The van der Waals surface area contributed by atoms with Gasteiger partial charge in [-0.1, -0.05) is 11.8 Å². The highest BCUT2D eigenvalue weighted by Crippen LogP contribution is 2.18. The molecule has 0 aliphatic rings. The van der Waals surface area contributed by atoms with E-state index in [0.717, 1.165) is 0 Å². The van der Waals surface area contributed by atoms with E-state index < -0.39 is 5.97 Å². The summed E-state index contributed by atoms with van der Waals surface area (Å²) in [7, 11) is 1.29. The fourth-order valence-corrected chi connectivity index (χ4v) is 2.32. The van der Waals surface area contributed by atoms with Crippen LogP contribution in [0.25, 0.3) is 0 Å². The molecule has 0 spiro atoms. The summed E-state index contributed by atoms with van der Waals surface area (Å²) in [6.45, 7) is 3.37. The predicted molar refractivity (Wildman–Crippen MR) is 76.5 cm³/mol. The predicted octanol–water partition coefficient (Wildman–Crippen LogP) is 1.12. The van der Waals surface area contributed by atoms with E-state index in [1.54, 1.807) is 12.1 Å². The van der Waals surface area contributed by atoms with Gasteiger partial charge in [-0.25, -0.2) is 0 Å². The number of rotatable bonds is 4. The maximum Gasteiger partial charge on any atom is 0.325 e. The van der Waals surface area contributed by atoms with Gasteiger partial charge in [0.25, 0.3) is 5.91 Å². The minimum absolute atomic E-state index is 0.0808. The third-order valence-corrected chi connectivity index (χ3v) is 3.51. The van der Waals surface area contributed by atoms with E-state index in [2.05, 4.69) is 16.6 Å². The lowest BCUT2D eigenvalue weighted by Gasteiger charge is -2.24. The Labute approximate surface area is 122 Å². The van der Waals surface area contributed by atoms with Crippen LogP contribution in [-0.2, 0) is 9.53 Å². The zero-order valence-corrected chi connectivity index (χ0v) is 12.5. The number of ether oxygens (including phenoxy) is 1. The fraction of sp³-hybridized carbons (Fsp3) is 0.429. The average Bonchev–Trinajstić information content (AvgIpc) is 2.89. The van der Waals surface area contributed by atoms with Crippen molar-refractivity contribution in [1.29, 1.82) is 0 Å². The zero-order chi connectivity index (χ0) is 15.1. The van der Waals surface area contributed by atoms with E-state index in [-0.39, 0.29) is 25.1 Å². The van der Waals surface area contributed by atoms with Crippen LogP contribution in [0.15, 0.2) is 12.1 Å². The number of carbonyl (C=O) groups excluding carboxylic acids is 2. The molecular weight excluding hydrogens is 278 g/mol. The Morgan fingerprint density at radius 1 is 1.45 bits per heavy atom. The van der Waals surface area contributed by atoms with E-state index in [9.17, 15) is 9.59 Å². The SMILES string of the molecule is COC(=O)CN(C(=O)c1ccc(C#CCO)s1)C(C)C. The summed E-state index contributed by atoms with van der Waals surface area (Å²) in [6.07, 6.45) is 0. The smallest absolute Gasteiger partial charge is 0.325 e. The number of amides is 1. The Balaban J connectivity index is 2.89. The molecule has 1 N–H and O–H groups in total. The number of methoxy groups -OCH3 is 1. The van der Waals surface area contributed by atoms with Crippen molar-refractivity contribution in [2.75, 3.05) is 20.3 Å². The Hall–Kier alpha value is -1.84. The van der Waals surface area contributed by atoms with E-state index in [4.69, 9.17) is 5.11 Å². The molecule has 0 atom stereocenters. The molecule has 1 aromatic heterocycles. The van der Waals surface area contributed by atoms with Crippen molar-refractivity contribution in [3.63, 3.8) is 0 Å². The highest BCUT2D eigenvalue weighted by atomic mass is 32.1. The molecule has 0 unspecified atom stereocenters. The maximum atomic E-state index is 12.4. The van der Waals surface area contributed by atoms with Gasteiger partial charge in [0.05, 0.1) is 16.9 Å². The van der Waals surface area contributed by atoms with Gasteiger partial charge in [-0.2, -0.15) is 0 Å². The number of esters is 1. The minimum Gasteiger partial charge on any atom is -0.468 e. The molecule has 1 heterocycles. The molecule has 20 heavy (non-hydrogen) atoms. The van der Waals surface area contributed by atoms with Crippen LogP contribution in [0, 0.1) is 11.8 Å². The van der Waals surface area contributed by atoms with Crippen LogP contribution in [0.1, 0.15) is 28.4 Å². The zero-order valence-electron chi connectivity index (χ0n) is 11.7. The van der Waals surface area contributed by atoms with Gasteiger partial charge in [0, 0.05) is 6.04 Å². The lowest BCUT2D eigenvalue weighted by Crippen LogP contribution is -2.40. The number of carbonyl (C=O) groups is 2. The second-order valence-electron chi connectivity index (χ2n) is 4.23. The van der Waals surface area contributed by atoms with Gasteiger partial charge < -0.3 is 14.7 Å². The molecule has 0 radical (unpaired) electrons. The quantitative estimate of drug-likeness (QED) is 0.667. The van der Waals surface area contributed by atoms with Crippen molar-refractivity contribution < 1.29 is 19.4 Å². The first-order chi connectivity index (χ1) is 9.49. The van der Waals surface area contributed by atoms with Crippen molar-refractivity contribution in [3.8, 4) is 11.8 Å². The molecule has 108 valence electrons. The number of nitrogens with zero attached hydrogens (tertiary/aromatic N) is 1. The van der Waals surface area contributed by atoms with Gasteiger partial charge in [-0.3, -0.25) is 9.59 Å². The fourth-order valence-electron chi connectivity index (χ4n) is 1.48. The second-order valence-corrected chi connectivity index (χ2v) is 5.31. The molecule has 6 heteroatoms. The van der Waals surface area contributed by atoms with Crippen molar-refractivity contribution in [1.82, 2.24) is 4.90 Å². The topological polar surface area (TPSA) is 66.8 Å². The first-order valence-electron chi connectivity index (χ1n) is 6.07. The third kappa shape index (κ3) is 4.37. The summed E-state index contributed by atoms with van der Waals surface area (Å²) in [6, 6.07) is 3.27. The molecule has 0 fully saturated rings. The molecule has 0 aliphatic carbocycles. The molecule has 5 nitrogen and oxygen atoms in total. The third-order valence-electron chi connectivity index (χ3n) is 2.52. The van der Waals surface area contributed by atoms with Crippen molar-refractivity contribution in [3.05, 3.63) is 21.9 Å². The standard InChI is InChI=1S/C14H17NO4S/c1-10(2)15(9-13(17)19-3)14(18)12-7-6-11(20-12)5-4-8-16/h6-7,10,16H,8-9H2,1-3H3. The van der Waals surface area contributed by atoms with Gasteiger partial charge >= 0.3 is 5.97 Å². The van der Waals surface area contributed by atoms with Gasteiger partial charge in [-0.15, -0.1) is 11.3 Å². The molecule has 0 bridgehead atoms. The monoisotopic (exact) mass is 295 g/mol. The lowest BCUT2D eigenvalue weighted by atomic mass is 10.3. The van der Waals surface area contributed by atoms with E-state index in [1.807, 2.05) is 13.8 Å². The van der Waals surface area contributed by atoms with E-state index >= 15 is 0 Å². The Kier molecular flexibility index (Phi) is 6.22. The van der Waals surface area contributed by atoms with Crippen LogP contribution in [0.5, 0.6) is 0 Å². The lowest BCUT2D eigenvalue weighted by molar-refractivity contribution is -0.141. The largest absolute Gasteiger partial charge is 0.468 e. The summed E-state index contributed by atoms with van der Waals surface area (Å²) in [5.74, 6) is 4.59. The van der Waals surface area contributed by atoms with Gasteiger partial charge in [0.2, 0.25) is 0 Å². The van der Waals surface area contributed by atoms with Crippen molar-refractivity contribution >= 4 is 23.2 Å². The van der Waals surface area contributed by atoms with Crippen LogP contribution in [0.4, 0.5) is 0 Å². The van der Waals surface area contributed by atoms with Crippen LogP contribution in [-0.4, -0.2) is 48.2 Å². The number of hydrogen-bond acceptors (Lipinski definition) is 5. The van der Waals surface area contributed by atoms with Crippen molar-refractivity contribution in [2.45, 2.75) is 19.9 Å². The molecule has 0 aromatic carbocycles. The first kappa shape index (κ1) is 16.2. The molecule has 1 rings (SSSR count). The number of aliphatic hydroxyl groups excluding tert-OH is 1. The van der Waals surface area contributed by atoms with Crippen LogP contribution >= 0.6 is 11.3 Å². The second kappa shape index (κ2) is 7.68. The number of thiophene rings is 1. The summed E-state index contributed by atoms with van der Waals surface area (Å²) < 4.78 is 4.60. The summed E-state index contributed by atoms with van der Waals surface area (Å²) in [4.78, 5) is 26.4. The average molecular weight is 295 g/mol. The molecule has 1 amide bonds. The van der Waals surface area contributed by atoms with Crippen LogP contribution in [0.2, 0.25) is 0 Å². The number of aliphatic hydroxyl groups is 1. The van der Waals surface area contributed by atoms with Crippen LogP contribution in [0.3, 0.4) is 0 Å². The van der Waals surface area contributed by atoms with Crippen LogP contribution < -0.4 is 0 Å². The minimum atomic E-state index is -0.455. The molecule has 1 aromatic rings. The van der Waals surface area contributed by atoms with E-state index in [0.29, 0.717) is 9.75 Å². The molecule has 0 saturated carbocycles. The molecule has 0 aliphatic heterocycles. The molecular formula is C14H17NO4S.